The van der Waals surface area contributed by atoms with E-state index in [0.29, 0.717) is 11.2 Å². The molecule has 1 atom stereocenters. The maximum absolute atomic E-state index is 13.8. The quantitative estimate of drug-likeness (QED) is 0.260. The van der Waals surface area contributed by atoms with Crippen molar-refractivity contribution in [1.29, 1.82) is 0 Å². The number of aromatic carboxylic acids is 1. The second kappa shape index (κ2) is 10.5. The number of fused-ring (bicyclic) bond motifs is 2. The number of carbonyl (C=O) groups is 3. The zero-order valence-corrected chi connectivity index (χ0v) is 21.9. The highest BCUT2D eigenvalue weighted by molar-refractivity contribution is 6.09. The van der Waals surface area contributed by atoms with Crippen LogP contribution in [0.5, 0.6) is 0 Å². The number of ketones is 1. The molecule has 0 radical (unpaired) electrons. The minimum atomic E-state index is -1.03. The van der Waals surface area contributed by atoms with Crippen LogP contribution in [0.15, 0.2) is 103 Å². The van der Waals surface area contributed by atoms with Crippen LogP contribution in [-0.2, 0) is 0 Å². The summed E-state index contributed by atoms with van der Waals surface area (Å²) in [5.74, 6) is -1.91. The van der Waals surface area contributed by atoms with E-state index >= 15 is 0 Å². The van der Waals surface area contributed by atoms with Crippen molar-refractivity contribution in [1.82, 2.24) is 24.9 Å². The fourth-order valence-electron chi connectivity index (χ4n) is 4.72. The summed E-state index contributed by atoms with van der Waals surface area (Å²) in [5, 5.41) is 21.4. The SMILES string of the molecule is C[C@H](NC(=O)c1cc(-c2ccccc2)cc2nnc(C(=O)c3cnc4ccccc4c3)n12)c1ccc(C(=O)O)cc1. The third-order valence-electron chi connectivity index (χ3n) is 6.91. The lowest BCUT2D eigenvalue weighted by Gasteiger charge is -2.16. The highest BCUT2D eigenvalue weighted by atomic mass is 16.4. The lowest BCUT2D eigenvalue weighted by atomic mass is 10.0. The number of aromatic nitrogens is 4. The van der Waals surface area contributed by atoms with Gasteiger partial charge in [-0.25, -0.2) is 4.79 Å². The highest BCUT2D eigenvalue weighted by Crippen LogP contribution is 2.25. The third kappa shape index (κ3) is 4.92. The second-order valence-corrected chi connectivity index (χ2v) is 9.58. The minimum absolute atomic E-state index is 0.0136. The molecule has 2 N–H and O–H groups in total. The summed E-state index contributed by atoms with van der Waals surface area (Å²) in [6, 6.07) is 28.1. The molecule has 9 nitrogen and oxygen atoms in total. The number of carboxylic acids is 1. The Balaban J connectivity index is 1.42. The van der Waals surface area contributed by atoms with E-state index in [1.54, 1.807) is 37.3 Å². The van der Waals surface area contributed by atoms with Gasteiger partial charge in [-0.05, 0) is 60.0 Å². The Morgan fingerprint density at radius 2 is 1.54 bits per heavy atom. The molecule has 0 aliphatic rings. The number of hydrogen-bond acceptors (Lipinski definition) is 6. The Morgan fingerprint density at radius 3 is 2.29 bits per heavy atom. The summed E-state index contributed by atoms with van der Waals surface area (Å²) in [7, 11) is 0. The molecule has 1 amide bonds. The number of rotatable bonds is 7. The first-order valence-electron chi connectivity index (χ1n) is 12.9. The molecule has 0 bridgehead atoms. The number of nitrogens with one attached hydrogen (secondary N) is 1. The van der Waals surface area contributed by atoms with Gasteiger partial charge in [-0.3, -0.25) is 19.0 Å². The topological polar surface area (TPSA) is 127 Å². The normalized spacial score (nSPS) is 11.8. The molecule has 3 aromatic heterocycles. The molecule has 0 aliphatic heterocycles. The molecule has 200 valence electrons. The largest absolute Gasteiger partial charge is 0.478 e. The molecule has 0 spiro atoms. The standard InChI is InChI=1S/C32H23N5O4/c1-19(20-11-13-22(14-12-20)32(40)41)34-31(39)27-16-24(21-7-3-2-4-8-21)17-28-35-36-30(37(27)28)29(38)25-15-23-9-5-6-10-26(23)33-18-25/h2-19H,1H3,(H,34,39)(H,40,41)/t19-/m0/s1. The van der Waals surface area contributed by atoms with Crippen molar-refractivity contribution in [3.8, 4) is 11.1 Å². The van der Waals surface area contributed by atoms with Gasteiger partial charge in [0, 0.05) is 17.1 Å². The second-order valence-electron chi connectivity index (χ2n) is 9.58. The highest BCUT2D eigenvalue weighted by Gasteiger charge is 2.24. The van der Waals surface area contributed by atoms with Crippen LogP contribution in [0.1, 0.15) is 55.6 Å². The third-order valence-corrected chi connectivity index (χ3v) is 6.91. The minimum Gasteiger partial charge on any atom is -0.478 e. The van der Waals surface area contributed by atoms with Crippen LogP contribution in [0.25, 0.3) is 27.7 Å². The molecule has 9 heteroatoms. The van der Waals surface area contributed by atoms with E-state index in [0.717, 1.165) is 27.6 Å². The first-order valence-corrected chi connectivity index (χ1v) is 12.9. The van der Waals surface area contributed by atoms with Crippen LogP contribution in [-0.4, -0.2) is 42.3 Å². The van der Waals surface area contributed by atoms with Crippen molar-refractivity contribution in [3.05, 3.63) is 131 Å². The van der Waals surface area contributed by atoms with E-state index in [9.17, 15) is 19.5 Å². The average molecular weight is 542 g/mol. The molecule has 0 saturated carbocycles. The molecule has 6 rings (SSSR count). The van der Waals surface area contributed by atoms with Gasteiger partial charge in [0.15, 0.2) is 5.65 Å². The Labute approximate surface area is 234 Å². The molecule has 6 aromatic rings. The predicted octanol–water partition coefficient (Wildman–Crippen LogP) is 5.36. The van der Waals surface area contributed by atoms with E-state index in [-0.39, 0.29) is 17.1 Å². The Morgan fingerprint density at radius 1 is 0.805 bits per heavy atom. The van der Waals surface area contributed by atoms with Crippen LogP contribution in [0.2, 0.25) is 0 Å². The van der Waals surface area contributed by atoms with Crippen molar-refractivity contribution in [2.75, 3.05) is 0 Å². The van der Waals surface area contributed by atoms with Crippen molar-refractivity contribution in [2.45, 2.75) is 13.0 Å². The number of hydrogen-bond donors (Lipinski definition) is 2. The van der Waals surface area contributed by atoms with Crippen LogP contribution < -0.4 is 5.32 Å². The van der Waals surface area contributed by atoms with Crippen molar-refractivity contribution in [3.63, 3.8) is 0 Å². The molecule has 0 fully saturated rings. The lowest BCUT2D eigenvalue weighted by Crippen LogP contribution is -2.29. The zero-order chi connectivity index (χ0) is 28.5. The fourth-order valence-corrected chi connectivity index (χ4v) is 4.72. The van der Waals surface area contributed by atoms with Crippen LogP contribution in [0, 0.1) is 0 Å². The molecular formula is C32H23N5O4. The Kier molecular flexibility index (Phi) is 6.52. The molecule has 0 unspecified atom stereocenters. The number of para-hydroxylation sites is 1. The lowest BCUT2D eigenvalue weighted by molar-refractivity contribution is 0.0696. The number of carbonyl (C=O) groups excluding carboxylic acids is 2. The maximum Gasteiger partial charge on any atom is 0.335 e. The van der Waals surface area contributed by atoms with E-state index in [4.69, 9.17) is 0 Å². The predicted molar refractivity (Wildman–Crippen MR) is 153 cm³/mol. The summed E-state index contributed by atoms with van der Waals surface area (Å²) >= 11 is 0. The van der Waals surface area contributed by atoms with Gasteiger partial charge < -0.3 is 10.4 Å². The molecule has 3 heterocycles. The Hall–Kier alpha value is -5.70. The van der Waals surface area contributed by atoms with Gasteiger partial charge in [0.1, 0.15) is 5.69 Å². The summed E-state index contributed by atoms with van der Waals surface area (Å²) in [6.45, 7) is 1.80. The number of nitrogens with zero attached hydrogens (tertiary/aromatic N) is 4. The van der Waals surface area contributed by atoms with Crippen molar-refractivity contribution < 1.29 is 19.5 Å². The van der Waals surface area contributed by atoms with Gasteiger partial charge in [-0.2, -0.15) is 0 Å². The summed E-state index contributed by atoms with van der Waals surface area (Å²) < 4.78 is 1.46. The van der Waals surface area contributed by atoms with Crippen LogP contribution in [0.4, 0.5) is 0 Å². The molecule has 0 saturated heterocycles. The van der Waals surface area contributed by atoms with Gasteiger partial charge >= 0.3 is 5.97 Å². The smallest absolute Gasteiger partial charge is 0.335 e. The van der Waals surface area contributed by atoms with Gasteiger partial charge in [-0.15, -0.1) is 10.2 Å². The van der Waals surface area contributed by atoms with E-state index in [1.807, 2.05) is 54.6 Å². The molecule has 0 aliphatic carbocycles. The zero-order valence-electron chi connectivity index (χ0n) is 21.9. The Bertz CT molecular complexity index is 1950. The van der Waals surface area contributed by atoms with Gasteiger partial charge in [0.2, 0.25) is 11.6 Å². The number of pyridine rings is 2. The van der Waals surface area contributed by atoms with Gasteiger partial charge in [0.25, 0.3) is 5.91 Å². The summed E-state index contributed by atoms with van der Waals surface area (Å²) in [4.78, 5) is 43.1. The van der Waals surface area contributed by atoms with Crippen LogP contribution >= 0.6 is 0 Å². The fraction of sp³-hybridized carbons (Fsp3) is 0.0625. The van der Waals surface area contributed by atoms with E-state index in [1.165, 1.54) is 22.7 Å². The van der Waals surface area contributed by atoms with Crippen LogP contribution in [0.3, 0.4) is 0 Å². The van der Waals surface area contributed by atoms with Crippen molar-refractivity contribution in [2.24, 2.45) is 0 Å². The monoisotopic (exact) mass is 541 g/mol. The average Bonchev–Trinajstić information content (AvgIpc) is 3.44. The number of benzene rings is 3. The van der Waals surface area contributed by atoms with Gasteiger partial charge in [0.05, 0.1) is 17.1 Å². The van der Waals surface area contributed by atoms with Gasteiger partial charge in [-0.1, -0.05) is 60.7 Å². The molecule has 3 aromatic carbocycles. The molecular weight excluding hydrogens is 518 g/mol. The van der Waals surface area contributed by atoms with Crippen molar-refractivity contribution >= 4 is 34.2 Å². The van der Waals surface area contributed by atoms with E-state index < -0.39 is 23.7 Å². The first kappa shape index (κ1) is 25.6. The van der Waals surface area contributed by atoms with E-state index in [2.05, 4.69) is 20.5 Å². The maximum atomic E-state index is 13.8. The summed E-state index contributed by atoms with van der Waals surface area (Å²) in [6.07, 6.45) is 1.49. The number of amides is 1. The first-order chi connectivity index (χ1) is 19.9. The summed E-state index contributed by atoms with van der Waals surface area (Å²) in [5.41, 5.74) is 4.08. The number of carboxylic acid groups (broad SMARTS) is 1. The molecule has 41 heavy (non-hydrogen) atoms.